The van der Waals surface area contributed by atoms with Gasteiger partial charge in [-0.2, -0.15) is 0 Å². The summed E-state index contributed by atoms with van der Waals surface area (Å²) in [5, 5.41) is 6.14. The zero-order valence-corrected chi connectivity index (χ0v) is 10.2. The molecule has 1 amide bonds. The molecule has 0 fully saturated rings. The van der Waals surface area contributed by atoms with E-state index >= 15 is 0 Å². The van der Waals surface area contributed by atoms with E-state index in [2.05, 4.69) is 15.6 Å². The van der Waals surface area contributed by atoms with Crippen LogP contribution in [0.5, 0.6) is 0 Å². The average molecular weight is 231 g/mol. The molecular formula is C13H17N3O. The van der Waals surface area contributed by atoms with Gasteiger partial charge in [-0.05, 0) is 31.0 Å². The van der Waals surface area contributed by atoms with Crippen molar-refractivity contribution in [1.29, 1.82) is 0 Å². The Morgan fingerprint density at radius 1 is 1.35 bits per heavy atom. The molecule has 90 valence electrons. The van der Waals surface area contributed by atoms with E-state index in [0.717, 1.165) is 42.2 Å². The van der Waals surface area contributed by atoms with Crippen LogP contribution in [0.3, 0.4) is 0 Å². The van der Waals surface area contributed by atoms with Crippen molar-refractivity contribution in [2.45, 2.75) is 26.7 Å². The molecule has 0 saturated heterocycles. The molecule has 2 rings (SSSR count). The van der Waals surface area contributed by atoms with Crippen LogP contribution < -0.4 is 10.6 Å². The molecule has 1 aliphatic rings. The van der Waals surface area contributed by atoms with Crippen molar-refractivity contribution in [3.63, 3.8) is 0 Å². The summed E-state index contributed by atoms with van der Waals surface area (Å²) in [4.78, 5) is 15.4. The Morgan fingerprint density at radius 2 is 2.12 bits per heavy atom. The molecule has 2 N–H and O–H groups in total. The van der Waals surface area contributed by atoms with Gasteiger partial charge in [0.15, 0.2) is 0 Å². The first-order chi connectivity index (χ1) is 8.16. The molecule has 4 heteroatoms. The molecule has 1 aromatic rings. The lowest BCUT2D eigenvalue weighted by molar-refractivity contribution is -0.114. The van der Waals surface area contributed by atoms with Crippen molar-refractivity contribution in [3.8, 4) is 0 Å². The Labute approximate surface area is 101 Å². The fourth-order valence-electron chi connectivity index (χ4n) is 1.89. The van der Waals surface area contributed by atoms with E-state index in [0.29, 0.717) is 0 Å². The number of hydrogen-bond donors (Lipinski definition) is 2. The largest absolute Gasteiger partial charge is 0.344 e. The molecule has 0 atom stereocenters. The molecule has 0 bridgehead atoms. The molecule has 0 saturated carbocycles. The summed E-state index contributed by atoms with van der Waals surface area (Å²) in [5.41, 5.74) is 2.90. The van der Waals surface area contributed by atoms with Crippen molar-refractivity contribution < 1.29 is 4.79 Å². The summed E-state index contributed by atoms with van der Waals surface area (Å²) in [6.07, 6.45) is 2.12. The van der Waals surface area contributed by atoms with Gasteiger partial charge in [-0.1, -0.05) is 6.07 Å². The number of carbonyl (C=O) groups is 1. The van der Waals surface area contributed by atoms with Gasteiger partial charge in [-0.25, -0.2) is 0 Å². The normalized spacial score (nSPS) is 14.4. The van der Waals surface area contributed by atoms with E-state index < -0.39 is 0 Å². The van der Waals surface area contributed by atoms with Gasteiger partial charge in [-0.3, -0.25) is 9.79 Å². The van der Waals surface area contributed by atoms with Gasteiger partial charge in [0.2, 0.25) is 5.91 Å². The molecule has 0 spiro atoms. The second kappa shape index (κ2) is 4.99. The van der Waals surface area contributed by atoms with Crippen LogP contribution in [-0.4, -0.2) is 18.3 Å². The molecule has 1 aliphatic heterocycles. The van der Waals surface area contributed by atoms with E-state index in [1.807, 2.05) is 25.1 Å². The summed E-state index contributed by atoms with van der Waals surface area (Å²) < 4.78 is 0. The maximum absolute atomic E-state index is 11.1. The minimum absolute atomic E-state index is 0.0524. The number of aliphatic imine (C=N–C) groups is 1. The molecule has 0 unspecified atom stereocenters. The highest BCUT2D eigenvalue weighted by Gasteiger charge is 2.09. The SMILES string of the molecule is CC(=O)Nc1cccc(NC2=NCCC2)c1C. The lowest BCUT2D eigenvalue weighted by Gasteiger charge is -2.13. The zero-order chi connectivity index (χ0) is 12.3. The number of nitrogens with one attached hydrogen (secondary N) is 2. The quantitative estimate of drug-likeness (QED) is 0.821. The molecule has 1 heterocycles. The van der Waals surface area contributed by atoms with E-state index in [9.17, 15) is 4.79 Å². The smallest absolute Gasteiger partial charge is 0.221 e. The Bertz CT molecular complexity index is 466. The number of rotatable bonds is 2. The summed E-state index contributed by atoms with van der Waals surface area (Å²) in [6, 6.07) is 5.83. The van der Waals surface area contributed by atoms with Crippen LogP contribution in [-0.2, 0) is 4.79 Å². The standard InChI is InChI=1S/C13H17N3O/c1-9-11(15-10(2)17)5-3-6-12(9)16-13-7-4-8-14-13/h3,5-6H,4,7-8H2,1-2H3,(H,14,16)(H,15,17). The fourth-order valence-corrected chi connectivity index (χ4v) is 1.89. The molecule has 0 aliphatic carbocycles. The molecular weight excluding hydrogens is 214 g/mol. The molecule has 4 nitrogen and oxygen atoms in total. The Balaban J connectivity index is 2.19. The Hall–Kier alpha value is -1.84. The minimum Gasteiger partial charge on any atom is -0.344 e. The van der Waals surface area contributed by atoms with Crippen molar-refractivity contribution >= 4 is 23.1 Å². The van der Waals surface area contributed by atoms with E-state index in [4.69, 9.17) is 0 Å². The second-order valence-corrected chi connectivity index (χ2v) is 4.22. The van der Waals surface area contributed by atoms with E-state index in [-0.39, 0.29) is 5.91 Å². The summed E-state index contributed by atoms with van der Waals surface area (Å²) >= 11 is 0. The third-order valence-electron chi connectivity index (χ3n) is 2.80. The third kappa shape index (κ3) is 2.84. The van der Waals surface area contributed by atoms with Crippen LogP contribution in [0.2, 0.25) is 0 Å². The van der Waals surface area contributed by atoms with Crippen LogP contribution >= 0.6 is 0 Å². The van der Waals surface area contributed by atoms with Crippen molar-refractivity contribution in [2.75, 3.05) is 17.2 Å². The molecule has 0 aromatic heterocycles. The number of amides is 1. The van der Waals surface area contributed by atoms with Crippen molar-refractivity contribution in [1.82, 2.24) is 0 Å². The van der Waals surface area contributed by atoms with Crippen LogP contribution in [0.1, 0.15) is 25.3 Å². The monoisotopic (exact) mass is 231 g/mol. The number of amidine groups is 1. The topological polar surface area (TPSA) is 53.5 Å². The van der Waals surface area contributed by atoms with Crippen molar-refractivity contribution in [2.24, 2.45) is 4.99 Å². The average Bonchev–Trinajstić information content (AvgIpc) is 2.76. The lowest BCUT2D eigenvalue weighted by atomic mass is 10.1. The predicted molar refractivity (Wildman–Crippen MR) is 70.6 cm³/mol. The number of benzene rings is 1. The van der Waals surface area contributed by atoms with Gasteiger partial charge in [0.25, 0.3) is 0 Å². The lowest BCUT2D eigenvalue weighted by Crippen LogP contribution is -2.12. The van der Waals surface area contributed by atoms with E-state index in [1.54, 1.807) is 0 Å². The van der Waals surface area contributed by atoms with Crippen LogP contribution in [0.4, 0.5) is 11.4 Å². The van der Waals surface area contributed by atoms with Gasteiger partial charge in [0.05, 0.1) is 0 Å². The van der Waals surface area contributed by atoms with E-state index in [1.165, 1.54) is 6.92 Å². The summed E-state index contributed by atoms with van der Waals surface area (Å²) in [5.74, 6) is 0.983. The van der Waals surface area contributed by atoms with Gasteiger partial charge >= 0.3 is 0 Å². The first-order valence-electron chi connectivity index (χ1n) is 5.84. The first kappa shape index (κ1) is 11.6. The van der Waals surface area contributed by atoms with Crippen molar-refractivity contribution in [3.05, 3.63) is 23.8 Å². The van der Waals surface area contributed by atoms with Gasteiger partial charge < -0.3 is 10.6 Å². The first-order valence-corrected chi connectivity index (χ1v) is 5.84. The number of hydrogen-bond acceptors (Lipinski definition) is 3. The van der Waals surface area contributed by atoms with Gasteiger partial charge in [0.1, 0.15) is 5.84 Å². The summed E-state index contributed by atoms with van der Waals surface area (Å²) in [6.45, 7) is 4.41. The fraction of sp³-hybridized carbons (Fsp3) is 0.385. The predicted octanol–water partition coefficient (Wildman–Crippen LogP) is 2.56. The minimum atomic E-state index is -0.0524. The highest BCUT2D eigenvalue weighted by molar-refractivity contribution is 5.98. The Kier molecular flexibility index (Phi) is 3.42. The molecule has 0 radical (unpaired) electrons. The van der Waals surface area contributed by atoms with Gasteiger partial charge in [-0.15, -0.1) is 0 Å². The van der Waals surface area contributed by atoms with Crippen LogP contribution in [0.25, 0.3) is 0 Å². The number of nitrogens with zero attached hydrogens (tertiary/aromatic N) is 1. The summed E-state index contributed by atoms with van der Waals surface area (Å²) in [7, 11) is 0. The third-order valence-corrected chi connectivity index (χ3v) is 2.80. The maximum atomic E-state index is 11.1. The Morgan fingerprint density at radius 3 is 2.76 bits per heavy atom. The highest BCUT2D eigenvalue weighted by Crippen LogP contribution is 2.24. The van der Waals surface area contributed by atoms with Gasteiger partial charge in [0, 0.05) is 31.3 Å². The maximum Gasteiger partial charge on any atom is 0.221 e. The number of carbonyl (C=O) groups excluding carboxylic acids is 1. The van der Waals surface area contributed by atoms with Crippen LogP contribution in [0, 0.1) is 6.92 Å². The van der Waals surface area contributed by atoms with Crippen LogP contribution in [0.15, 0.2) is 23.2 Å². The highest BCUT2D eigenvalue weighted by atomic mass is 16.1. The zero-order valence-electron chi connectivity index (χ0n) is 10.2. The molecule has 17 heavy (non-hydrogen) atoms. The number of anilines is 2. The second-order valence-electron chi connectivity index (χ2n) is 4.22. The molecule has 1 aromatic carbocycles.